The molecule has 0 atom stereocenters. The Morgan fingerprint density at radius 2 is 2.04 bits per heavy atom. The first-order valence-corrected chi connectivity index (χ1v) is 8.77. The van der Waals surface area contributed by atoms with Gasteiger partial charge in [-0.15, -0.1) is 0 Å². The number of halogens is 5. The van der Waals surface area contributed by atoms with Crippen LogP contribution in [0.1, 0.15) is 40.0 Å². The summed E-state index contributed by atoms with van der Waals surface area (Å²) in [4.78, 5) is 12.5. The van der Waals surface area contributed by atoms with Gasteiger partial charge in [-0.3, -0.25) is 9.48 Å². The molecule has 2 aromatic rings. The van der Waals surface area contributed by atoms with E-state index in [-0.39, 0.29) is 4.49 Å². The number of fused-ring (bicyclic) bond motifs is 1. The molecule has 1 aliphatic carbocycles. The molecule has 9 heteroatoms. The summed E-state index contributed by atoms with van der Waals surface area (Å²) < 4.78 is 40.3. The Kier molecular flexibility index (Phi) is 5.38. The summed E-state index contributed by atoms with van der Waals surface area (Å²) in [5.41, 5.74) is 4.00. The highest BCUT2D eigenvalue weighted by molar-refractivity contribution is 6.55. The van der Waals surface area contributed by atoms with Crippen LogP contribution in [-0.2, 0) is 19.6 Å². The molecule has 3 rings (SSSR count). The first-order valence-electron chi connectivity index (χ1n) is 8.02. The van der Waals surface area contributed by atoms with Gasteiger partial charge in [0.25, 0.3) is 5.91 Å². The number of benzene rings is 1. The molecule has 1 aromatic carbocycles. The number of carbonyl (C=O) groups is 1. The monoisotopic (exact) mass is 415 g/mol. The van der Waals surface area contributed by atoms with E-state index >= 15 is 0 Å². The second kappa shape index (κ2) is 7.43. The number of hydrogen-bond acceptors (Lipinski definition) is 2. The third-order valence-electron chi connectivity index (χ3n) is 4.19. The lowest BCUT2D eigenvalue weighted by Gasteiger charge is -2.21. The van der Waals surface area contributed by atoms with Crippen molar-refractivity contribution in [1.29, 1.82) is 0 Å². The van der Waals surface area contributed by atoms with E-state index in [1.54, 1.807) is 12.1 Å². The molecule has 1 aromatic heterocycles. The number of aryl methyl sites for hydroxylation is 1. The molecule has 1 heterocycles. The van der Waals surface area contributed by atoms with Gasteiger partial charge in [0.05, 0.1) is 5.56 Å². The van der Waals surface area contributed by atoms with Crippen molar-refractivity contribution in [3.8, 4) is 0 Å². The maximum atomic E-state index is 13.1. The summed E-state index contributed by atoms with van der Waals surface area (Å²) in [5.74, 6) is -0.870. The molecule has 1 N–H and O–H groups in total. The first-order chi connectivity index (χ1) is 12.7. The normalized spacial score (nSPS) is 13.8. The van der Waals surface area contributed by atoms with Crippen molar-refractivity contribution in [3.63, 3.8) is 0 Å². The fourth-order valence-electron chi connectivity index (χ4n) is 3.13. The quantitative estimate of drug-likeness (QED) is 0.673. The predicted octanol–water partition coefficient (Wildman–Crippen LogP) is 5.33. The van der Waals surface area contributed by atoms with Gasteiger partial charge in [-0.05, 0) is 36.5 Å². The van der Waals surface area contributed by atoms with E-state index in [4.69, 9.17) is 23.2 Å². The average Bonchev–Trinajstić information content (AvgIpc) is 2.97. The minimum Gasteiger partial charge on any atom is -0.322 e. The molecule has 1 aliphatic rings. The number of nitrogens with zero attached hydrogens (tertiary/aromatic N) is 2. The Labute approximate surface area is 163 Å². The highest BCUT2D eigenvalue weighted by atomic mass is 35.5. The van der Waals surface area contributed by atoms with Crippen LogP contribution in [-0.4, -0.2) is 15.7 Å². The van der Waals surface area contributed by atoms with Gasteiger partial charge in [0.15, 0.2) is 5.69 Å². The van der Waals surface area contributed by atoms with Crippen LogP contribution in [0.2, 0.25) is 0 Å². The van der Waals surface area contributed by atoms with Gasteiger partial charge < -0.3 is 5.32 Å². The Balaban J connectivity index is 1.99. The van der Waals surface area contributed by atoms with Crippen molar-refractivity contribution in [3.05, 3.63) is 57.0 Å². The number of anilines is 1. The van der Waals surface area contributed by atoms with Crippen LogP contribution < -0.4 is 5.32 Å². The third-order valence-corrected chi connectivity index (χ3v) is 4.38. The van der Waals surface area contributed by atoms with Crippen molar-refractivity contribution < 1.29 is 18.0 Å². The smallest absolute Gasteiger partial charge is 0.322 e. The number of carbonyl (C=O) groups excluding carboxylic acids is 1. The predicted molar refractivity (Wildman–Crippen MR) is 97.7 cm³/mol. The summed E-state index contributed by atoms with van der Waals surface area (Å²) in [6.45, 7) is 0. The summed E-state index contributed by atoms with van der Waals surface area (Å²) in [6.07, 6.45) is -1.51. The number of rotatable bonds is 2. The zero-order valence-electron chi connectivity index (χ0n) is 14.1. The molecule has 0 aliphatic heterocycles. The maximum Gasteiger partial charge on any atom is 0.435 e. The van der Waals surface area contributed by atoms with Gasteiger partial charge >= 0.3 is 6.18 Å². The lowest BCUT2D eigenvalue weighted by molar-refractivity contribution is -0.141. The fraction of sp³-hybridized carbons (Fsp3) is 0.278. The molecule has 0 radical (unpaired) electrons. The molecule has 0 bridgehead atoms. The van der Waals surface area contributed by atoms with E-state index in [9.17, 15) is 18.0 Å². The lowest BCUT2D eigenvalue weighted by Crippen LogP contribution is -2.19. The summed E-state index contributed by atoms with van der Waals surface area (Å²) in [7, 11) is 1.33. The van der Waals surface area contributed by atoms with Crippen molar-refractivity contribution >= 4 is 40.4 Å². The fourth-order valence-corrected chi connectivity index (χ4v) is 3.36. The molecule has 0 fully saturated rings. The first kappa shape index (κ1) is 19.5. The highest BCUT2D eigenvalue weighted by Crippen LogP contribution is 2.36. The van der Waals surface area contributed by atoms with Crippen LogP contribution in [0.3, 0.4) is 0 Å². The van der Waals surface area contributed by atoms with Crippen LogP contribution in [0, 0.1) is 0 Å². The van der Waals surface area contributed by atoms with E-state index in [0.29, 0.717) is 18.5 Å². The molecular weight excluding hydrogens is 402 g/mol. The molecule has 27 heavy (non-hydrogen) atoms. The number of amides is 1. The number of alkyl halides is 3. The van der Waals surface area contributed by atoms with Gasteiger partial charge in [0.1, 0.15) is 4.49 Å². The van der Waals surface area contributed by atoms with Gasteiger partial charge in [0, 0.05) is 24.5 Å². The van der Waals surface area contributed by atoms with E-state index in [0.717, 1.165) is 34.0 Å². The van der Waals surface area contributed by atoms with E-state index < -0.39 is 23.3 Å². The molecule has 1 amide bonds. The SMILES string of the molecule is Cn1cc(C(=O)Nc2cccc3c2CCCC3=C=C(Cl)Cl)c(C(F)(F)F)n1. The van der Waals surface area contributed by atoms with Crippen LogP contribution in [0.25, 0.3) is 5.57 Å². The molecule has 0 spiro atoms. The Morgan fingerprint density at radius 1 is 1.30 bits per heavy atom. The highest BCUT2D eigenvalue weighted by Gasteiger charge is 2.39. The Bertz CT molecular complexity index is 969. The summed E-state index contributed by atoms with van der Waals surface area (Å²) in [6, 6.07) is 5.20. The Hall–Kier alpha value is -2.21. The standard InChI is InChI=1S/C18H14Cl2F3N3O/c1-26-9-13(16(25-26)18(21,22)23)17(27)24-14-7-3-5-11-10(8-15(19)20)4-2-6-12(11)14/h3,5,7,9H,2,4,6H2,1H3,(H,24,27). The third kappa shape index (κ3) is 4.21. The van der Waals surface area contributed by atoms with Crippen LogP contribution >= 0.6 is 23.2 Å². The van der Waals surface area contributed by atoms with Crippen molar-refractivity contribution in [1.82, 2.24) is 9.78 Å². The minimum absolute atomic E-state index is 0.00234. The number of nitrogens with one attached hydrogen (secondary N) is 1. The van der Waals surface area contributed by atoms with Gasteiger partial charge in [0.2, 0.25) is 0 Å². The van der Waals surface area contributed by atoms with Crippen LogP contribution in [0.5, 0.6) is 0 Å². The molecule has 0 saturated heterocycles. The van der Waals surface area contributed by atoms with Crippen LogP contribution in [0.15, 0.2) is 34.6 Å². The van der Waals surface area contributed by atoms with E-state index in [1.807, 2.05) is 6.07 Å². The zero-order valence-corrected chi connectivity index (χ0v) is 15.6. The molecule has 0 saturated carbocycles. The zero-order chi connectivity index (χ0) is 19.8. The molecular formula is C18H14Cl2F3N3O. The summed E-state index contributed by atoms with van der Waals surface area (Å²) in [5, 5.41) is 5.94. The van der Waals surface area contributed by atoms with Gasteiger partial charge in [-0.2, -0.15) is 18.3 Å². The maximum absolute atomic E-state index is 13.1. The minimum atomic E-state index is -4.72. The van der Waals surface area contributed by atoms with Gasteiger partial charge in [-0.1, -0.05) is 41.1 Å². The summed E-state index contributed by atoms with van der Waals surface area (Å²) >= 11 is 11.4. The molecule has 4 nitrogen and oxygen atoms in total. The largest absolute Gasteiger partial charge is 0.435 e. The average molecular weight is 416 g/mol. The van der Waals surface area contributed by atoms with Crippen molar-refractivity contribution in [2.75, 3.05) is 5.32 Å². The number of hydrogen-bond donors (Lipinski definition) is 1. The molecule has 142 valence electrons. The van der Waals surface area contributed by atoms with E-state index in [2.05, 4.69) is 16.1 Å². The Morgan fingerprint density at radius 3 is 2.70 bits per heavy atom. The van der Waals surface area contributed by atoms with Crippen molar-refractivity contribution in [2.45, 2.75) is 25.4 Å². The lowest BCUT2D eigenvalue weighted by atomic mass is 9.87. The van der Waals surface area contributed by atoms with Crippen molar-refractivity contribution in [2.24, 2.45) is 7.05 Å². The number of aromatic nitrogens is 2. The topological polar surface area (TPSA) is 46.9 Å². The van der Waals surface area contributed by atoms with E-state index in [1.165, 1.54) is 7.05 Å². The van der Waals surface area contributed by atoms with Gasteiger partial charge in [-0.25, -0.2) is 0 Å². The second-order valence-electron chi connectivity index (χ2n) is 6.07. The number of allylic oxidation sites excluding steroid dienone is 1. The second-order valence-corrected chi connectivity index (χ2v) is 7.02. The van der Waals surface area contributed by atoms with Crippen LogP contribution in [0.4, 0.5) is 18.9 Å². The molecule has 0 unspecified atom stereocenters.